The first-order valence-corrected chi connectivity index (χ1v) is 7.56. The minimum atomic E-state index is -4.27. The molecule has 1 atom stereocenters. The van der Waals surface area contributed by atoms with Gasteiger partial charge in [-0.1, -0.05) is 6.07 Å². The van der Waals surface area contributed by atoms with E-state index in [1.165, 1.54) is 0 Å². The van der Waals surface area contributed by atoms with E-state index in [0.29, 0.717) is 13.0 Å². The minimum absolute atomic E-state index is 0.395. The number of benzene rings is 1. The molecule has 0 radical (unpaired) electrons. The Hall–Kier alpha value is -1.58. The predicted molar refractivity (Wildman–Crippen MR) is 69.3 cm³/mol. The normalized spacial score (nSPS) is 19.8. The molecule has 0 saturated carbocycles. The van der Waals surface area contributed by atoms with Gasteiger partial charge in [-0.25, -0.2) is 17.5 Å². The highest BCUT2D eigenvalue weighted by molar-refractivity contribution is 7.89. The second-order valence-corrected chi connectivity index (χ2v) is 6.16. The zero-order valence-corrected chi connectivity index (χ0v) is 11.3. The lowest BCUT2D eigenvalue weighted by Crippen LogP contribution is -2.45. The van der Waals surface area contributed by atoms with Gasteiger partial charge in [-0.15, -0.1) is 0 Å². The van der Waals surface area contributed by atoms with Gasteiger partial charge in [0, 0.05) is 18.7 Å². The number of nitro groups is 1. The molecule has 0 unspecified atom stereocenters. The van der Waals surface area contributed by atoms with Crippen molar-refractivity contribution in [2.24, 2.45) is 0 Å². The number of nitro benzene ring substituents is 1. The molecule has 20 heavy (non-hydrogen) atoms. The van der Waals surface area contributed by atoms with Crippen molar-refractivity contribution in [2.75, 3.05) is 13.1 Å². The summed E-state index contributed by atoms with van der Waals surface area (Å²) in [5.74, 6) is -1.13. The highest BCUT2D eigenvalue weighted by Gasteiger charge is 2.32. The van der Waals surface area contributed by atoms with Gasteiger partial charge >= 0.3 is 0 Å². The maximum atomic E-state index is 13.7. The Balaban J connectivity index is 2.36. The highest BCUT2D eigenvalue weighted by Crippen LogP contribution is 2.26. The van der Waals surface area contributed by atoms with Gasteiger partial charge in [0.1, 0.15) is 5.82 Å². The van der Waals surface area contributed by atoms with Crippen molar-refractivity contribution in [3.8, 4) is 0 Å². The maximum Gasteiger partial charge on any atom is 0.292 e. The SMILES string of the molecule is O=[N+]([O-])c1cccc(F)c1S(=O)(=O)N[C@H]1CCCNC1. The molecule has 0 bridgehead atoms. The van der Waals surface area contributed by atoms with E-state index < -0.39 is 37.4 Å². The molecule has 2 N–H and O–H groups in total. The van der Waals surface area contributed by atoms with Crippen LogP contribution >= 0.6 is 0 Å². The van der Waals surface area contributed by atoms with E-state index in [1.54, 1.807) is 0 Å². The third-order valence-electron chi connectivity index (χ3n) is 3.03. The molecule has 1 aromatic rings. The summed E-state index contributed by atoms with van der Waals surface area (Å²) in [4.78, 5) is 9.03. The molecule has 0 amide bonds. The Kier molecular flexibility index (Phi) is 4.31. The summed E-state index contributed by atoms with van der Waals surface area (Å²) in [7, 11) is -4.27. The Bertz CT molecular complexity index is 614. The van der Waals surface area contributed by atoms with Crippen LogP contribution in [-0.4, -0.2) is 32.5 Å². The standard InChI is InChI=1S/C11H14FN3O4S/c12-9-4-1-5-10(15(16)17)11(9)20(18,19)14-8-3-2-6-13-7-8/h1,4-5,8,13-14H,2-3,6-7H2/t8-/m0/s1. The minimum Gasteiger partial charge on any atom is -0.315 e. The highest BCUT2D eigenvalue weighted by atomic mass is 32.2. The lowest BCUT2D eigenvalue weighted by molar-refractivity contribution is -0.388. The van der Waals surface area contributed by atoms with Crippen LogP contribution in [0.2, 0.25) is 0 Å². The van der Waals surface area contributed by atoms with Crippen molar-refractivity contribution in [1.29, 1.82) is 0 Å². The number of halogens is 1. The molecule has 9 heteroatoms. The van der Waals surface area contributed by atoms with E-state index in [4.69, 9.17) is 0 Å². The van der Waals surface area contributed by atoms with E-state index in [9.17, 15) is 22.9 Å². The van der Waals surface area contributed by atoms with Crippen molar-refractivity contribution in [2.45, 2.75) is 23.8 Å². The average Bonchev–Trinajstić information content (AvgIpc) is 2.38. The summed E-state index contributed by atoms with van der Waals surface area (Å²) in [5.41, 5.74) is -0.763. The number of hydrogen-bond donors (Lipinski definition) is 2. The average molecular weight is 303 g/mol. The van der Waals surface area contributed by atoms with Crippen molar-refractivity contribution < 1.29 is 17.7 Å². The van der Waals surface area contributed by atoms with E-state index in [-0.39, 0.29) is 0 Å². The number of nitrogens with zero attached hydrogens (tertiary/aromatic N) is 1. The fraction of sp³-hybridized carbons (Fsp3) is 0.455. The molecule has 1 heterocycles. The van der Waals surface area contributed by atoms with Gasteiger partial charge in [0.25, 0.3) is 15.7 Å². The number of sulfonamides is 1. The van der Waals surface area contributed by atoms with Gasteiger partial charge in [-0.05, 0) is 25.5 Å². The van der Waals surface area contributed by atoms with Crippen LogP contribution in [0.3, 0.4) is 0 Å². The fourth-order valence-electron chi connectivity index (χ4n) is 2.14. The van der Waals surface area contributed by atoms with Gasteiger partial charge in [0.05, 0.1) is 4.92 Å². The summed E-state index contributed by atoms with van der Waals surface area (Å²) in [5, 5.41) is 13.9. The predicted octanol–water partition coefficient (Wildman–Crippen LogP) is 0.764. The van der Waals surface area contributed by atoms with Gasteiger partial charge < -0.3 is 5.32 Å². The molecule has 2 rings (SSSR count). The second kappa shape index (κ2) is 5.81. The van der Waals surface area contributed by atoms with E-state index >= 15 is 0 Å². The molecule has 1 aliphatic heterocycles. The van der Waals surface area contributed by atoms with E-state index in [0.717, 1.165) is 31.2 Å². The van der Waals surface area contributed by atoms with Gasteiger partial charge in [0.2, 0.25) is 0 Å². The molecule has 7 nitrogen and oxygen atoms in total. The first-order chi connectivity index (χ1) is 9.42. The quantitative estimate of drug-likeness (QED) is 0.632. The monoisotopic (exact) mass is 303 g/mol. The van der Waals surface area contributed by atoms with E-state index in [2.05, 4.69) is 10.0 Å². The van der Waals surface area contributed by atoms with Crippen LogP contribution in [0.1, 0.15) is 12.8 Å². The third kappa shape index (κ3) is 3.11. The number of nitrogens with one attached hydrogen (secondary N) is 2. The Labute approximate surface area is 115 Å². The first-order valence-electron chi connectivity index (χ1n) is 6.08. The van der Waals surface area contributed by atoms with Crippen molar-refractivity contribution in [3.05, 3.63) is 34.1 Å². The molecule has 0 aliphatic carbocycles. The van der Waals surface area contributed by atoms with Crippen LogP contribution in [0, 0.1) is 15.9 Å². The first kappa shape index (κ1) is 14.8. The third-order valence-corrected chi connectivity index (χ3v) is 4.62. The van der Waals surface area contributed by atoms with Crippen LogP contribution in [0.15, 0.2) is 23.1 Å². The lowest BCUT2D eigenvalue weighted by Gasteiger charge is -2.23. The molecule has 0 aromatic heterocycles. The Morgan fingerprint density at radius 2 is 2.20 bits per heavy atom. The van der Waals surface area contributed by atoms with Crippen LogP contribution in [0.25, 0.3) is 0 Å². The molecular formula is C11H14FN3O4S. The summed E-state index contributed by atoms with van der Waals surface area (Å²) < 4.78 is 40.4. The van der Waals surface area contributed by atoms with Crippen molar-refractivity contribution in [3.63, 3.8) is 0 Å². The van der Waals surface area contributed by atoms with Crippen LogP contribution in [-0.2, 0) is 10.0 Å². The zero-order chi connectivity index (χ0) is 14.8. The van der Waals surface area contributed by atoms with Crippen LogP contribution in [0.5, 0.6) is 0 Å². The van der Waals surface area contributed by atoms with Gasteiger partial charge in [0.15, 0.2) is 4.90 Å². The zero-order valence-electron chi connectivity index (χ0n) is 10.5. The topological polar surface area (TPSA) is 101 Å². The molecule has 1 aromatic carbocycles. The van der Waals surface area contributed by atoms with E-state index in [1.807, 2.05) is 0 Å². The Morgan fingerprint density at radius 1 is 1.45 bits per heavy atom. The molecule has 1 saturated heterocycles. The summed E-state index contributed by atoms with van der Waals surface area (Å²) in [6, 6.07) is 2.57. The number of piperidine rings is 1. The smallest absolute Gasteiger partial charge is 0.292 e. The number of rotatable bonds is 4. The molecule has 1 aliphatic rings. The summed E-state index contributed by atoms with van der Waals surface area (Å²) in [6.07, 6.45) is 1.39. The van der Waals surface area contributed by atoms with Crippen molar-refractivity contribution >= 4 is 15.7 Å². The second-order valence-electron chi connectivity index (χ2n) is 4.51. The summed E-state index contributed by atoms with van der Waals surface area (Å²) in [6.45, 7) is 1.21. The van der Waals surface area contributed by atoms with Crippen LogP contribution < -0.4 is 10.0 Å². The molecule has 110 valence electrons. The fourth-order valence-corrected chi connectivity index (χ4v) is 3.64. The summed E-state index contributed by atoms with van der Waals surface area (Å²) >= 11 is 0. The van der Waals surface area contributed by atoms with Gasteiger partial charge in [-0.3, -0.25) is 10.1 Å². The van der Waals surface area contributed by atoms with Crippen molar-refractivity contribution in [1.82, 2.24) is 10.0 Å². The van der Waals surface area contributed by atoms with Gasteiger partial charge in [-0.2, -0.15) is 0 Å². The maximum absolute atomic E-state index is 13.7. The Morgan fingerprint density at radius 3 is 2.80 bits per heavy atom. The molecular weight excluding hydrogens is 289 g/mol. The largest absolute Gasteiger partial charge is 0.315 e. The lowest BCUT2D eigenvalue weighted by atomic mass is 10.1. The molecule has 1 fully saturated rings. The van der Waals surface area contributed by atoms with Crippen LogP contribution in [0.4, 0.5) is 10.1 Å². The number of hydrogen-bond acceptors (Lipinski definition) is 5. The molecule has 0 spiro atoms.